The molecule has 1 aromatic carbocycles. The standard InChI is InChI=1S/C17H29NO/c1-5-18-13-15(11-10-14(2)3)12-16-8-6-7-9-17(16)19-4/h6-9,14-15,18H,5,10-13H2,1-4H3. The Hall–Kier alpha value is -1.02. The van der Waals surface area contributed by atoms with Crippen LogP contribution in [0.5, 0.6) is 5.75 Å². The number of ether oxygens (including phenoxy) is 1. The molecule has 1 N–H and O–H groups in total. The third-order valence-electron chi connectivity index (χ3n) is 3.54. The summed E-state index contributed by atoms with van der Waals surface area (Å²) in [6.07, 6.45) is 3.68. The van der Waals surface area contributed by atoms with E-state index in [4.69, 9.17) is 4.74 Å². The molecule has 0 bridgehead atoms. The third-order valence-corrected chi connectivity index (χ3v) is 3.54. The van der Waals surface area contributed by atoms with Crippen molar-refractivity contribution in [2.45, 2.75) is 40.0 Å². The first kappa shape index (κ1) is 16.0. The van der Waals surface area contributed by atoms with E-state index in [0.717, 1.165) is 31.2 Å². The quantitative estimate of drug-likeness (QED) is 0.729. The highest BCUT2D eigenvalue weighted by molar-refractivity contribution is 5.33. The van der Waals surface area contributed by atoms with E-state index in [0.29, 0.717) is 5.92 Å². The van der Waals surface area contributed by atoms with Crippen LogP contribution in [-0.2, 0) is 6.42 Å². The highest BCUT2D eigenvalue weighted by Gasteiger charge is 2.12. The monoisotopic (exact) mass is 263 g/mol. The van der Waals surface area contributed by atoms with Crippen LogP contribution in [0.1, 0.15) is 39.2 Å². The van der Waals surface area contributed by atoms with Crippen molar-refractivity contribution in [1.82, 2.24) is 5.32 Å². The molecule has 0 radical (unpaired) electrons. The van der Waals surface area contributed by atoms with Gasteiger partial charge >= 0.3 is 0 Å². The number of methoxy groups -OCH3 is 1. The van der Waals surface area contributed by atoms with E-state index in [1.807, 2.05) is 6.07 Å². The molecular formula is C17H29NO. The van der Waals surface area contributed by atoms with Crippen molar-refractivity contribution in [2.24, 2.45) is 11.8 Å². The molecule has 1 aromatic rings. The van der Waals surface area contributed by atoms with Gasteiger partial charge < -0.3 is 10.1 Å². The molecule has 108 valence electrons. The van der Waals surface area contributed by atoms with Crippen LogP contribution in [0.25, 0.3) is 0 Å². The minimum Gasteiger partial charge on any atom is -0.496 e. The molecule has 0 aliphatic heterocycles. The molecule has 0 spiro atoms. The minimum absolute atomic E-state index is 0.693. The van der Waals surface area contributed by atoms with Gasteiger partial charge in [0.2, 0.25) is 0 Å². The summed E-state index contributed by atoms with van der Waals surface area (Å²) < 4.78 is 5.46. The Kier molecular flexibility index (Phi) is 7.57. The van der Waals surface area contributed by atoms with Crippen LogP contribution in [0.2, 0.25) is 0 Å². The molecule has 19 heavy (non-hydrogen) atoms. The van der Waals surface area contributed by atoms with E-state index < -0.39 is 0 Å². The van der Waals surface area contributed by atoms with Crippen LogP contribution in [0, 0.1) is 11.8 Å². The lowest BCUT2D eigenvalue weighted by molar-refractivity contribution is 0.382. The molecule has 0 fully saturated rings. The molecule has 1 rings (SSSR count). The van der Waals surface area contributed by atoms with Gasteiger partial charge in [-0.3, -0.25) is 0 Å². The van der Waals surface area contributed by atoms with Crippen molar-refractivity contribution in [1.29, 1.82) is 0 Å². The Morgan fingerprint density at radius 1 is 1.16 bits per heavy atom. The van der Waals surface area contributed by atoms with Gasteiger partial charge in [0.05, 0.1) is 7.11 Å². The zero-order valence-corrected chi connectivity index (χ0v) is 12.9. The smallest absolute Gasteiger partial charge is 0.122 e. The molecular weight excluding hydrogens is 234 g/mol. The topological polar surface area (TPSA) is 21.3 Å². The normalized spacial score (nSPS) is 12.7. The van der Waals surface area contributed by atoms with Crippen molar-refractivity contribution < 1.29 is 4.74 Å². The molecule has 1 unspecified atom stereocenters. The average molecular weight is 263 g/mol. The fourth-order valence-corrected chi connectivity index (χ4v) is 2.38. The maximum atomic E-state index is 5.46. The number of para-hydroxylation sites is 1. The SMILES string of the molecule is CCNCC(CCC(C)C)Cc1ccccc1OC. The number of rotatable bonds is 9. The van der Waals surface area contributed by atoms with E-state index in [9.17, 15) is 0 Å². The van der Waals surface area contributed by atoms with Crippen LogP contribution in [0.4, 0.5) is 0 Å². The van der Waals surface area contributed by atoms with Crippen LogP contribution >= 0.6 is 0 Å². The summed E-state index contributed by atoms with van der Waals surface area (Å²) in [6.45, 7) is 8.91. The largest absolute Gasteiger partial charge is 0.496 e. The second-order valence-electron chi connectivity index (χ2n) is 5.66. The van der Waals surface area contributed by atoms with Crippen LogP contribution in [0.15, 0.2) is 24.3 Å². The Balaban J connectivity index is 2.63. The third kappa shape index (κ3) is 6.11. The summed E-state index contributed by atoms with van der Waals surface area (Å²) in [5.41, 5.74) is 1.33. The van der Waals surface area contributed by atoms with Gasteiger partial charge in [0, 0.05) is 0 Å². The molecule has 0 amide bonds. The van der Waals surface area contributed by atoms with Gasteiger partial charge in [0.1, 0.15) is 5.75 Å². The van der Waals surface area contributed by atoms with Crippen molar-refractivity contribution in [3.05, 3.63) is 29.8 Å². The first-order chi connectivity index (χ1) is 9.17. The van der Waals surface area contributed by atoms with E-state index >= 15 is 0 Å². The summed E-state index contributed by atoms with van der Waals surface area (Å²) in [4.78, 5) is 0. The van der Waals surface area contributed by atoms with Crippen LogP contribution in [0.3, 0.4) is 0 Å². The van der Waals surface area contributed by atoms with E-state index in [1.165, 1.54) is 18.4 Å². The highest BCUT2D eigenvalue weighted by atomic mass is 16.5. The van der Waals surface area contributed by atoms with Gasteiger partial charge in [-0.15, -0.1) is 0 Å². The molecule has 2 nitrogen and oxygen atoms in total. The molecule has 1 atom stereocenters. The highest BCUT2D eigenvalue weighted by Crippen LogP contribution is 2.23. The van der Waals surface area contributed by atoms with Crippen LogP contribution in [-0.4, -0.2) is 20.2 Å². The molecule has 0 aliphatic rings. The number of benzene rings is 1. The first-order valence-corrected chi connectivity index (χ1v) is 7.50. The van der Waals surface area contributed by atoms with Gasteiger partial charge in [-0.25, -0.2) is 0 Å². The molecule has 0 aromatic heterocycles. The predicted octanol–water partition coefficient (Wildman–Crippen LogP) is 3.90. The Bertz CT molecular complexity index is 349. The second-order valence-corrected chi connectivity index (χ2v) is 5.66. The molecule has 0 heterocycles. The summed E-state index contributed by atoms with van der Waals surface area (Å²) in [5.74, 6) is 2.49. The Morgan fingerprint density at radius 3 is 2.53 bits per heavy atom. The summed E-state index contributed by atoms with van der Waals surface area (Å²) in [7, 11) is 1.76. The zero-order chi connectivity index (χ0) is 14.1. The maximum Gasteiger partial charge on any atom is 0.122 e. The lowest BCUT2D eigenvalue weighted by atomic mass is 9.91. The summed E-state index contributed by atoms with van der Waals surface area (Å²) >= 11 is 0. The van der Waals surface area contributed by atoms with E-state index in [1.54, 1.807) is 7.11 Å². The fourth-order valence-electron chi connectivity index (χ4n) is 2.38. The van der Waals surface area contributed by atoms with Gasteiger partial charge in [-0.2, -0.15) is 0 Å². The lowest BCUT2D eigenvalue weighted by Gasteiger charge is -2.19. The number of nitrogens with one attached hydrogen (secondary N) is 1. The molecule has 0 saturated heterocycles. The van der Waals surface area contributed by atoms with Crippen molar-refractivity contribution in [3.8, 4) is 5.75 Å². The average Bonchev–Trinajstić information content (AvgIpc) is 2.42. The van der Waals surface area contributed by atoms with Crippen LogP contribution < -0.4 is 10.1 Å². The maximum absolute atomic E-state index is 5.46. The molecule has 2 heteroatoms. The van der Waals surface area contributed by atoms with Gasteiger partial charge in [-0.1, -0.05) is 45.4 Å². The molecule has 0 saturated carbocycles. The summed E-state index contributed by atoms with van der Waals surface area (Å²) in [6, 6.07) is 8.38. The second kappa shape index (κ2) is 8.98. The summed E-state index contributed by atoms with van der Waals surface area (Å²) in [5, 5.41) is 3.49. The Labute approximate surface area is 118 Å². The van der Waals surface area contributed by atoms with Crippen molar-refractivity contribution >= 4 is 0 Å². The molecule has 0 aliphatic carbocycles. The van der Waals surface area contributed by atoms with Gasteiger partial charge in [0.25, 0.3) is 0 Å². The first-order valence-electron chi connectivity index (χ1n) is 7.50. The Morgan fingerprint density at radius 2 is 1.89 bits per heavy atom. The fraction of sp³-hybridized carbons (Fsp3) is 0.647. The lowest BCUT2D eigenvalue weighted by Crippen LogP contribution is -2.24. The minimum atomic E-state index is 0.693. The van der Waals surface area contributed by atoms with Gasteiger partial charge in [-0.05, 0) is 49.4 Å². The van der Waals surface area contributed by atoms with Crippen molar-refractivity contribution in [3.63, 3.8) is 0 Å². The number of hydrogen-bond donors (Lipinski definition) is 1. The van der Waals surface area contributed by atoms with Crippen molar-refractivity contribution in [2.75, 3.05) is 20.2 Å². The van der Waals surface area contributed by atoms with Gasteiger partial charge in [0.15, 0.2) is 0 Å². The predicted molar refractivity (Wildman–Crippen MR) is 82.8 cm³/mol. The number of hydrogen-bond acceptors (Lipinski definition) is 2. The van der Waals surface area contributed by atoms with E-state index in [-0.39, 0.29) is 0 Å². The zero-order valence-electron chi connectivity index (χ0n) is 12.9. The van der Waals surface area contributed by atoms with E-state index in [2.05, 4.69) is 44.3 Å².